The van der Waals surface area contributed by atoms with Crippen LogP contribution in [-0.2, 0) is 0 Å². The molecule has 2 heteroatoms. The van der Waals surface area contributed by atoms with E-state index < -0.39 is 0 Å². The van der Waals surface area contributed by atoms with Gasteiger partial charge in [0.05, 0.1) is 6.61 Å². The fraction of sp³-hybridized carbons (Fsp3) is 1.00. The van der Waals surface area contributed by atoms with Crippen LogP contribution in [0.3, 0.4) is 0 Å². The van der Waals surface area contributed by atoms with Crippen LogP contribution in [-0.4, -0.2) is 35.7 Å². The smallest absolute Gasteiger partial charge is 0.0615 e. The zero-order valence-corrected chi connectivity index (χ0v) is 8.93. The molecule has 1 unspecified atom stereocenters. The summed E-state index contributed by atoms with van der Waals surface area (Å²) < 4.78 is 0. The first-order valence-corrected chi connectivity index (χ1v) is 5.07. The van der Waals surface area contributed by atoms with Crippen molar-refractivity contribution < 1.29 is 5.11 Å². The van der Waals surface area contributed by atoms with Crippen molar-refractivity contribution in [3.63, 3.8) is 0 Å². The summed E-state index contributed by atoms with van der Waals surface area (Å²) in [5.41, 5.74) is 0.125. The summed E-state index contributed by atoms with van der Waals surface area (Å²) >= 11 is 0. The van der Waals surface area contributed by atoms with Gasteiger partial charge in [-0.25, -0.2) is 0 Å². The highest BCUT2D eigenvalue weighted by atomic mass is 16.3. The Labute approximate surface area is 76.6 Å². The van der Waals surface area contributed by atoms with Crippen LogP contribution in [0.25, 0.3) is 0 Å². The maximum absolute atomic E-state index is 9.15. The molecule has 2 nitrogen and oxygen atoms in total. The minimum absolute atomic E-state index is 0.125. The van der Waals surface area contributed by atoms with Crippen LogP contribution in [0.1, 0.15) is 40.0 Å². The van der Waals surface area contributed by atoms with Crippen molar-refractivity contribution in [1.29, 1.82) is 0 Å². The lowest BCUT2D eigenvalue weighted by Gasteiger charge is -2.33. The van der Waals surface area contributed by atoms with Gasteiger partial charge >= 0.3 is 0 Å². The minimum atomic E-state index is 0.125. The molecule has 1 atom stereocenters. The van der Waals surface area contributed by atoms with E-state index >= 15 is 0 Å². The van der Waals surface area contributed by atoms with E-state index in [2.05, 4.69) is 18.9 Å². The number of likely N-dealkylation sites (tertiary alicyclic amines) is 1. The second kappa shape index (κ2) is 5.55. The van der Waals surface area contributed by atoms with Gasteiger partial charge in [0, 0.05) is 5.54 Å². The zero-order chi connectivity index (χ0) is 9.61. The lowest BCUT2D eigenvalue weighted by atomic mass is 9.94. The zero-order valence-electron chi connectivity index (χ0n) is 8.93. The molecule has 1 fully saturated rings. The molecule has 0 bridgehead atoms. The number of hydrogen-bond acceptors (Lipinski definition) is 2. The number of aliphatic hydroxyl groups excluding tert-OH is 1. The van der Waals surface area contributed by atoms with Gasteiger partial charge < -0.3 is 5.11 Å². The predicted molar refractivity (Wildman–Crippen MR) is 53.3 cm³/mol. The molecule has 0 aromatic carbocycles. The molecular formula is C10H23NO. The topological polar surface area (TPSA) is 23.5 Å². The summed E-state index contributed by atoms with van der Waals surface area (Å²) in [4.78, 5) is 2.28. The number of aliphatic hydroxyl groups is 1. The Kier molecular flexibility index (Phi) is 5.51. The first kappa shape index (κ1) is 11.9. The third kappa shape index (κ3) is 2.20. The molecule has 1 heterocycles. The fourth-order valence-electron chi connectivity index (χ4n) is 1.83. The van der Waals surface area contributed by atoms with Crippen molar-refractivity contribution in [3.8, 4) is 0 Å². The predicted octanol–water partition coefficient (Wildman–Crippen LogP) is 1.88. The van der Waals surface area contributed by atoms with E-state index in [4.69, 9.17) is 5.11 Å². The van der Waals surface area contributed by atoms with E-state index in [0.717, 1.165) is 19.4 Å². The van der Waals surface area contributed by atoms with Crippen molar-refractivity contribution in [3.05, 3.63) is 0 Å². The van der Waals surface area contributed by atoms with E-state index in [1.807, 2.05) is 13.8 Å². The molecule has 0 radical (unpaired) electrons. The van der Waals surface area contributed by atoms with E-state index in [-0.39, 0.29) is 5.54 Å². The third-order valence-electron chi connectivity index (χ3n) is 2.90. The summed E-state index contributed by atoms with van der Waals surface area (Å²) in [6.45, 7) is 7.62. The Morgan fingerprint density at radius 1 is 1.42 bits per heavy atom. The SMILES string of the molecule is CC.CCC1(CO)CCCN1C. The average molecular weight is 173 g/mol. The van der Waals surface area contributed by atoms with Gasteiger partial charge in [-0.3, -0.25) is 4.90 Å². The van der Waals surface area contributed by atoms with Crippen LogP contribution in [0.2, 0.25) is 0 Å². The van der Waals surface area contributed by atoms with Gasteiger partial charge in [-0.2, -0.15) is 0 Å². The molecule has 0 aliphatic carbocycles. The molecular weight excluding hydrogens is 150 g/mol. The fourth-order valence-corrected chi connectivity index (χ4v) is 1.83. The first-order chi connectivity index (χ1) is 5.75. The lowest BCUT2D eigenvalue weighted by molar-refractivity contribution is 0.0804. The summed E-state index contributed by atoms with van der Waals surface area (Å²) in [6, 6.07) is 0. The van der Waals surface area contributed by atoms with Gasteiger partial charge in [-0.05, 0) is 32.9 Å². The standard InChI is InChI=1S/C8H17NO.C2H6/c1-3-8(7-10)5-4-6-9(8)2;1-2/h10H,3-7H2,1-2H3;1-2H3. The highest BCUT2D eigenvalue weighted by Crippen LogP contribution is 2.29. The van der Waals surface area contributed by atoms with Crippen molar-refractivity contribution in [2.45, 2.75) is 45.6 Å². The average Bonchev–Trinajstić information content (AvgIpc) is 2.51. The largest absolute Gasteiger partial charge is 0.394 e. The molecule has 0 aromatic rings. The minimum Gasteiger partial charge on any atom is -0.394 e. The van der Waals surface area contributed by atoms with Crippen molar-refractivity contribution in [1.82, 2.24) is 4.90 Å². The number of rotatable bonds is 2. The van der Waals surface area contributed by atoms with Crippen LogP contribution in [0, 0.1) is 0 Å². The number of hydrogen-bond donors (Lipinski definition) is 1. The molecule has 0 spiro atoms. The molecule has 0 saturated carbocycles. The molecule has 1 saturated heterocycles. The highest BCUT2D eigenvalue weighted by molar-refractivity contribution is 4.92. The normalized spacial score (nSPS) is 29.8. The molecule has 74 valence electrons. The van der Waals surface area contributed by atoms with Crippen molar-refractivity contribution in [2.75, 3.05) is 20.2 Å². The van der Waals surface area contributed by atoms with Gasteiger partial charge in [0.2, 0.25) is 0 Å². The summed E-state index contributed by atoms with van der Waals surface area (Å²) in [7, 11) is 2.10. The maximum atomic E-state index is 9.15. The van der Waals surface area contributed by atoms with Crippen LogP contribution < -0.4 is 0 Å². The van der Waals surface area contributed by atoms with Gasteiger partial charge in [0.15, 0.2) is 0 Å². The Morgan fingerprint density at radius 2 is 2.00 bits per heavy atom. The van der Waals surface area contributed by atoms with Gasteiger partial charge in [-0.15, -0.1) is 0 Å². The van der Waals surface area contributed by atoms with E-state index in [0.29, 0.717) is 6.61 Å². The van der Waals surface area contributed by atoms with Crippen molar-refractivity contribution in [2.24, 2.45) is 0 Å². The van der Waals surface area contributed by atoms with E-state index in [9.17, 15) is 0 Å². The first-order valence-electron chi connectivity index (χ1n) is 5.07. The van der Waals surface area contributed by atoms with Crippen LogP contribution in [0.4, 0.5) is 0 Å². The molecule has 1 aliphatic heterocycles. The Balaban J connectivity index is 0.000000561. The van der Waals surface area contributed by atoms with E-state index in [1.54, 1.807) is 0 Å². The molecule has 12 heavy (non-hydrogen) atoms. The summed E-state index contributed by atoms with van der Waals surface area (Å²) in [5, 5.41) is 9.15. The highest BCUT2D eigenvalue weighted by Gasteiger charge is 2.35. The Morgan fingerprint density at radius 3 is 2.17 bits per heavy atom. The lowest BCUT2D eigenvalue weighted by Crippen LogP contribution is -2.43. The van der Waals surface area contributed by atoms with Crippen LogP contribution in [0.15, 0.2) is 0 Å². The van der Waals surface area contributed by atoms with Crippen LogP contribution >= 0.6 is 0 Å². The number of nitrogens with zero attached hydrogens (tertiary/aromatic N) is 1. The second-order valence-electron chi connectivity index (χ2n) is 3.26. The molecule has 0 aromatic heterocycles. The molecule has 1 N–H and O–H groups in total. The molecule has 1 aliphatic rings. The van der Waals surface area contributed by atoms with E-state index in [1.165, 1.54) is 6.42 Å². The second-order valence-corrected chi connectivity index (χ2v) is 3.26. The maximum Gasteiger partial charge on any atom is 0.0615 e. The van der Waals surface area contributed by atoms with Crippen molar-refractivity contribution >= 4 is 0 Å². The van der Waals surface area contributed by atoms with Gasteiger partial charge in [0.1, 0.15) is 0 Å². The van der Waals surface area contributed by atoms with Crippen LogP contribution in [0.5, 0.6) is 0 Å². The third-order valence-corrected chi connectivity index (χ3v) is 2.90. The number of likely N-dealkylation sites (N-methyl/N-ethyl adjacent to an activating group) is 1. The quantitative estimate of drug-likeness (QED) is 0.689. The van der Waals surface area contributed by atoms with Gasteiger partial charge in [0.25, 0.3) is 0 Å². The molecule has 0 amide bonds. The summed E-state index contributed by atoms with van der Waals surface area (Å²) in [5.74, 6) is 0. The Hall–Kier alpha value is -0.0800. The molecule has 1 rings (SSSR count). The monoisotopic (exact) mass is 173 g/mol. The Bertz CT molecular complexity index is 110. The van der Waals surface area contributed by atoms with Gasteiger partial charge in [-0.1, -0.05) is 20.8 Å². The summed E-state index contributed by atoms with van der Waals surface area (Å²) in [6.07, 6.45) is 3.47.